The van der Waals surface area contributed by atoms with Crippen molar-refractivity contribution >= 4 is 17.9 Å². The molecule has 0 aromatic rings. The maximum Gasteiger partial charge on any atom is 0.408 e. The van der Waals surface area contributed by atoms with Gasteiger partial charge in [0.1, 0.15) is 5.60 Å². The van der Waals surface area contributed by atoms with Crippen molar-refractivity contribution in [2.45, 2.75) is 54.1 Å². The van der Waals surface area contributed by atoms with E-state index in [4.69, 9.17) is 4.74 Å². The largest absolute Gasteiger partial charge is 0.444 e. The van der Waals surface area contributed by atoms with E-state index >= 15 is 0 Å². The van der Waals surface area contributed by atoms with Gasteiger partial charge in [-0.2, -0.15) is 0 Å². The Kier molecular flexibility index (Phi) is 8.50. The number of allylic oxidation sites excluding steroid dienone is 1. The number of nitrogens with one attached hydrogen (secondary N) is 3. The van der Waals surface area contributed by atoms with E-state index in [1.165, 1.54) is 0 Å². The Hall–Kier alpha value is -2.05. The summed E-state index contributed by atoms with van der Waals surface area (Å²) in [5, 5.41) is 7.65. The van der Waals surface area contributed by atoms with Gasteiger partial charge in [-0.15, -0.1) is 0 Å². The van der Waals surface area contributed by atoms with E-state index in [-0.39, 0.29) is 30.3 Å². The molecule has 0 heterocycles. The van der Waals surface area contributed by atoms with E-state index in [9.17, 15) is 14.4 Å². The lowest BCUT2D eigenvalue weighted by atomic mass is 9.87. The molecule has 0 radical (unpaired) electrons. The first-order chi connectivity index (χ1) is 10.8. The van der Waals surface area contributed by atoms with Gasteiger partial charge in [0.2, 0.25) is 11.8 Å². The van der Waals surface area contributed by atoms with Gasteiger partial charge in [-0.3, -0.25) is 9.59 Å². The molecule has 7 nitrogen and oxygen atoms in total. The molecular weight excluding hydrogens is 310 g/mol. The monoisotopic (exact) mass is 341 g/mol. The molecule has 0 aromatic carbocycles. The van der Waals surface area contributed by atoms with Gasteiger partial charge < -0.3 is 20.7 Å². The summed E-state index contributed by atoms with van der Waals surface area (Å²) < 4.78 is 5.02. The average Bonchev–Trinajstić information content (AvgIpc) is 2.38. The van der Waals surface area contributed by atoms with Crippen LogP contribution in [-0.2, 0) is 14.3 Å². The van der Waals surface area contributed by atoms with Crippen LogP contribution in [0.25, 0.3) is 0 Å². The van der Waals surface area contributed by atoms with Crippen LogP contribution in [0.4, 0.5) is 4.79 Å². The lowest BCUT2D eigenvalue weighted by Crippen LogP contribution is -2.41. The molecule has 7 heteroatoms. The van der Waals surface area contributed by atoms with Crippen molar-refractivity contribution in [2.75, 3.05) is 19.6 Å². The number of alkyl carbamates (subject to hydrolysis) is 1. The van der Waals surface area contributed by atoms with Gasteiger partial charge in [0.15, 0.2) is 0 Å². The highest BCUT2D eigenvalue weighted by atomic mass is 16.6. The molecule has 0 rings (SSSR count). The second-order valence-corrected chi connectivity index (χ2v) is 7.57. The minimum atomic E-state index is -0.645. The zero-order valence-electron chi connectivity index (χ0n) is 15.8. The van der Waals surface area contributed by atoms with Crippen molar-refractivity contribution in [1.82, 2.24) is 16.0 Å². The number of carbonyl (C=O) groups excluding carboxylic acids is 3. The maximum atomic E-state index is 11.7. The van der Waals surface area contributed by atoms with Crippen molar-refractivity contribution in [3.05, 3.63) is 11.6 Å². The SMILES string of the molecule is C/C(=C\C(=O)NCCNC(=O)CNC(=O)OC(C)(C)C)C(C)(C)C. The van der Waals surface area contributed by atoms with E-state index in [2.05, 4.69) is 16.0 Å². The van der Waals surface area contributed by atoms with E-state index in [1.807, 2.05) is 27.7 Å². The second-order valence-electron chi connectivity index (χ2n) is 7.57. The zero-order chi connectivity index (χ0) is 19.0. The fraction of sp³-hybridized carbons (Fsp3) is 0.706. The summed E-state index contributed by atoms with van der Waals surface area (Å²) in [6.07, 6.45) is 0.917. The minimum Gasteiger partial charge on any atom is -0.444 e. The number of amides is 3. The van der Waals surface area contributed by atoms with Crippen molar-refractivity contribution in [3.8, 4) is 0 Å². The van der Waals surface area contributed by atoms with Crippen molar-refractivity contribution in [3.63, 3.8) is 0 Å². The third-order valence-electron chi connectivity index (χ3n) is 3.07. The first kappa shape index (κ1) is 21.9. The highest BCUT2D eigenvalue weighted by Gasteiger charge is 2.16. The van der Waals surface area contributed by atoms with Crippen LogP contribution in [0.15, 0.2) is 11.6 Å². The van der Waals surface area contributed by atoms with E-state index < -0.39 is 11.7 Å². The quantitative estimate of drug-likeness (QED) is 0.506. The van der Waals surface area contributed by atoms with E-state index in [1.54, 1.807) is 26.8 Å². The fourth-order valence-corrected chi connectivity index (χ4v) is 1.38. The van der Waals surface area contributed by atoms with Crippen LogP contribution >= 0.6 is 0 Å². The Balaban J connectivity index is 3.95. The van der Waals surface area contributed by atoms with Gasteiger partial charge in [0.05, 0.1) is 6.54 Å². The molecule has 0 atom stereocenters. The predicted molar refractivity (Wildman–Crippen MR) is 93.5 cm³/mol. The van der Waals surface area contributed by atoms with Crippen LogP contribution in [0, 0.1) is 5.41 Å². The highest BCUT2D eigenvalue weighted by molar-refractivity contribution is 5.88. The van der Waals surface area contributed by atoms with E-state index in [0.29, 0.717) is 6.54 Å². The minimum absolute atomic E-state index is 0.0567. The Morgan fingerprint density at radius 1 is 0.917 bits per heavy atom. The fourth-order valence-electron chi connectivity index (χ4n) is 1.38. The molecule has 0 bridgehead atoms. The van der Waals surface area contributed by atoms with Crippen LogP contribution in [0.3, 0.4) is 0 Å². The zero-order valence-corrected chi connectivity index (χ0v) is 15.8. The number of hydrogen-bond donors (Lipinski definition) is 3. The van der Waals surface area contributed by atoms with Gasteiger partial charge in [0, 0.05) is 19.2 Å². The first-order valence-corrected chi connectivity index (χ1v) is 8.01. The molecule has 0 aliphatic heterocycles. The number of hydrogen-bond acceptors (Lipinski definition) is 4. The topological polar surface area (TPSA) is 96.5 Å². The summed E-state index contributed by atoms with van der Waals surface area (Å²) in [5.74, 6) is -0.542. The lowest BCUT2D eigenvalue weighted by molar-refractivity contribution is -0.120. The maximum absolute atomic E-state index is 11.7. The molecular formula is C17H31N3O4. The number of rotatable bonds is 6. The molecule has 0 unspecified atom stereocenters. The van der Waals surface area contributed by atoms with Crippen LogP contribution < -0.4 is 16.0 Å². The summed E-state index contributed by atoms with van der Waals surface area (Å²) in [6, 6.07) is 0. The summed E-state index contributed by atoms with van der Waals surface area (Å²) >= 11 is 0. The number of ether oxygens (including phenoxy) is 1. The molecule has 0 saturated carbocycles. The van der Waals surface area contributed by atoms with Crippen molar-refractivity contribution < 1.29 is 19.1 Å². The summed E-state index contributed by atoms with van der Waals surface area (Å²) in [4.78, 5) is 34.7. The van der Waals surface area contributed by atoms with Crippen molar-refractivity contribution in [2.24, 2.45) is 5.41 Å². The molecule has 0 aromatic heterocycles. The van der Waals surface area contributed by atoms with Crippen LogP contribution in [0.1, 0.15) is 48.5 Å². The molecule has 0 aliphatic rings. The number of carbonyl (C=O) groups is 3. The molecule has 3 amide bonds. The van der Waals surface area contributed by atoms with E-state index in [0.717, 1.165) is 5.57 Å². The van der Waals surface area contributed by atoms with Gasteiger partial charge in [-0.25, -0.2) is 4.79 Å². The third kappa shape index (κ3) is 11.5. The summed E-state index contributed by atoms with van der Waals surface area (Å²) in [7, 11) is 0. The molecule has 24 heavy (non-hydrogen) atoms. The lowest BCUT2D eigenvalue weighted by Gasteiger charge is -2.19. The predicted octanol–water partition coefficient (Wildman–Crippen LogP) is 1.74. The Bertz CT molecular complexity index is 485. The molecule has 3 N–H and O–H groups in total. The van der Waals surface area contributed by atoms with Crippen LogP contribution in [0.5, 0.6) is 0 Å². The van der Waals surface area contributed by atoms with Crippen molar-refractivity contribution in [1.29, 1.82) is 0 Å². The van der Waals surface area contributed by atoms with Crippen LogP contribution in [0.2, 0.25) is 0 Å². The average molecular weight is 341 g/mol. The normalized spacial score (nSPS) is 12.4. The van der Waals surface area contributed by atoms with Gasteiger partial charge >= 0.3 is 6.09 Å². The van der Waals surface area contributed by atoms with Gasteiger partial charge in [-0.05, 0) is 33.1 Å². The Morgan fingerprint density at radius 2 is 1.46 bits per heavy atom. The summed E-state index contributed by atoms with van der Waals surface area (Å²) in [5.41, 5.74) is 0.313. The third-order valence-corrected chi connectivity index (χ3v) is 3.07. The Labute approximate surface area is 144 Å². The molecule has 0 fully saturated rings. The smallest absolute Gasteiger partial charge is 0.408 e. The highest BCUT2D eigenvalue weighted by Crippen LogP contribution is 2.23. The standard InChI is InChI=1S/C17H31N3O4/c1-12(16(2,3)4)10-13(21)18-8-9-19-14(22)11-20-15(23)24-17(5,6)7/h10H,8-9,11H2,1-7H3,(H,18,21)(H,19,22)(H,20,23)/b12-10+. The summed E-state index contributed by atoms with van der Waals surface area (Å²) in [6.45, 7) is 13.6. The molecule has 0 saturated heterocycles. The van der Waals surface area contributed by atoms with Gasteiger partial charge in [0.25, 0.3) is 0 Å². The molecule has 0 spiro atoms. The molecule has 138 valence electrons. The molecule has 0 aliphatic carbocycles. The first-order valence-electron chi connectivity index (χ1n) is 8.01. The van der Waals surface area contributed by atoms with Gasteiger partial charge in [-0.1, -0.05) is 26.3 Å². The Morgan fingerprint density at radius 3 is 1.96 bits per heavy atom. The van der Waals surface area contributed by atoms with Crippen LogP contribution in [-0.4, -0.2) is 43.1 Å². The second kappa shape index (κ2) is 9.30.